The number of ether oxygens (including phenoxy) is 1. The van der Waals surface area contributed by atoms with E-state index in [1.54, 1.807) is 6.07 Å². The molecule has 1 amide bonds. The number of aromatic nitrogens is 1. The molecule has 0 bridgehead atoms. The number of benzene rings is 3. The summed E-state index contributed by atoms with van der Waals surface area (Å²) in [7, 11) is 0. The fourth-order valence-corrected chi connectivity index (χ4v) is 5.95. The molecule has 5 unspecified atom stereocenters. The maximum absolute atomic E-state index is 13.7. The van der Waals surface area contributed by atoms with Crippen molar-refractivity contribution in [2.24, 2.45) is 11.7 Å². The fraction of sp³-hybridized carbons (Fsp3) is 0.314. The number of nitrogens with one attached hydrogen (secondary N) is 1. The van der Waals surface area contributed by atoms with Gasteiger partial charge in [-0.25, -0.2) is 0 Å². The number of halogens is 1. The van der Waals surface area contributed by atoms with Crippen molar-refractivity contribution in [3.05, 3.63) is 118 Å². The Morgan fingerprint density at radius 2 is 1.70 bits per heavy atom. The van der Waals surface area contributed by atoms with E-state index in [2.05, 4.69) is 34.6 Å². The molecule has 8 heteroatoms. The van der Waals surface area contributed by atoms with E-state index in [-0.39, 0.29) is 18.9 Å². The number of hydrogen-bond acceptors (Lipinski definition) is 6. The highest BCUT2D eigenvalue weighted by Crippen LogP contribution is 2.32. The molecule has 0 fully saturated rings. The fourth-order valence-electron chi connectivity index (χ4n) is 5.73. The molecule has 3 aromatic carbocycles. The summed E-state index contributed by atoms with van der Waals surface area (Å²) in [4.78, 5) is 18.2. The lowest BCUT2D eigenvalue weighted by molar-refractivity contribution is -0.128. The van der Waals surface area contributed by atoms with E-state index in [1.807, 2.05) is 68.4 Å². The molecule has 1 aromatic heterocycles. The molecule has 224 valence electrons. The minimum absolute atomic E-state index is 0.0770. The number of aryl methyl sites for hydroxylation is 2. The number of carbonyl (C=O) groups excluding carboxylic acids is 1. The van der Waals surface area contributed by atoms with Crippen LogP contribution in [0.2, 0.25) is 5.02 Å². The lowest BCUT2D eigenvalue weighted by Crippen LogP contribution is -2.46. The van der Waals surface area contributed by atoms with Crippen LogP contribution in [0.15, 0.2) is 84.9 Å². The van der Waals surface area contributed by atoms with Crippen LogP contribution in [0.25, 0.3) is 11.1 Å². The van der Waals surface area contributed by atoms with Crippen molar-refractivity contribution in [1.29, 1.82) is 0 Å². The van der Waals surface area contributed by atoms with Crippen molar-refractivity contribution in [1.82, 2.24) is 10.3 Å². The van der Waals surface area contributed by atoms with Crippen molar-refractivity contribution < 1.29 is 19.7 Å². The predicted molar refractivity (Wildman–Crippen MR) is 169 cm³/mol. The van der Waals surface area contributed by atoms with Gasteiger partial charge in [0.2, 0.25) is 5.91 Å². The van der Waals surface area contributed by atoms with E-state index in [1.165, 1.54) is 0 Å². The van der Waals surface area contributed by atoms with Gasteiger partial charge in [-0.2, -0.15) is 0 Å². The summed E-state index contributed by atoms with van der Waals surface area (Å²) in [5.74, 6) is -0.256. The van der Waals surface area contributed by atoms with Crippen LogP contribution >= 0.6 is 11.6 Å². The Hall–Kier alpha value is -3.75. The van der Waals surface area contributed by atoms with E-state index < -0.39 is 30.2 Å². The highest BCUT2D eigenvalue weighted by Gasteiger charge is 2.34. The molecule has 5 N–H and O–H groups in total. The highest BCUT2D eigenvalue weighted by atomic mass is 35.5. The van der Waals surface area contributed by atoms with Gasteiger partial charge in [0, 0.05) is 33.9 Å². The monoisotopic (exact) mass is 599 g/mol. The normalized spacial score (nSPS) is 18.2. The van der Waals surface area contributed by atoms with Gasteiger partial charge in [0.25, 0.3) is 0 Å². The number of amides is 1. The molecule has 1 aliphatic heterocycles. The van der Waals surface area contributed by atoms with Gasteiger partial charge in [0.1, 0.15) is 18.5 Å². The van der Waals surface area contributed by atoms with Gasteiger partial charge in [-0.1, -0.05) is 66.2 Å². The summed E-state index contributed by atoms with van der Waals surface area (Å²) in [5, 5.41) is 25.5. The minimum Gasteiger partial charge on any atom is -0.490 e. The number of nitrogens with two attached hydrogens (primary N) is 1. The molecule has 0 radical (unpaired) electrons. The third kappa shape index (κ3) is 7.80. The maximum Gasteiger partial charge on any atom is 0.224 e. The molecule has 43 heavy (non-hydrogen) atoms. The van der Waals surface area contributed by atoms with E-state index in [9.17, 15) is 15.0 Å². The van der Waals surface area contributed by atoms with E-state index in [0.29, 0.717) is 29.2 Å². The van der Waals surface area contributed by atoms with Gasteiger partial charge in [0.15, 0.2) is 0 Å². The van der Waals surface area contributed by atoms with Crippen LogP contribution in [-0.2, 0) is 17.6 Å². The summed E-state index contributed by atoms with van der Waals surface area (Å²) >= 11 is 6.23. The number of nitrogens with zero attached hydrogens (tertiary/aromatic N) is 1. The number of aliphatic hydroxyl groups excluding tert-OH is 2. The zero-order valence-corrected chi connectivity index (χ0v) is 25.2. The van der Waals surface area contributed by atoms with E-state index in [4.69, 9.17) is 22.1 Å². The first kappa shape index (κ1) is 30.7. The van der Waals surface area contributed by atoms with Crippen LogP contribution in [-0.4, -0.2) is 46.0 Å². The molecule has 2 heterocycles. The second-order valence-corrected chi connectivity index (χ2v) is 11.9. The lowest BCUT2D eigenvalue weighted by Gasteiger charge is -2.32. The summed E-state index contributed by atoms with van der Waals surface area (Å²) < 4.78 is 5.64. The van der Waals surface area contributed by atoms with Crippen LogP contribution in [0.3, 0.4) is 0 Å². The average molecular weight is 600 g/mol. The Morgan fingerprint density at radius 3 is 2.42 bits per heavy atom. The van der Waals surface area contributed by atoms with Gasteiger partial charge >= 0.3 is 0 Å². The summed E-state index contributed by atoms with van der Waals surface area (Å²) in [6, 6.07) is 25.7. The topological polar surface area (TPSA) is 118 Å². The number of hydrogen-bond donors (Lipinski definition) is 4. The van der Waals surface area contributed by atoms with E-state index in [0.717, 1.165) is 33.6 Å². The molecule has 5 atom stereocenters. The van der Waals surface area contributed by atoms with Gasteiger partial charge < -0.3 is 26.0 Å². The second-order valence-electron chi connectivity index (χ2n) is 11.4. The molecule has 5 rings (SSSR count). The highest BCUT2D eigenvalue weighted by molar-refractivity contribution is 6.30. The van der Waals surface area contributed by atoms with Crippen LogP contribution in [0.1, 0.15) is 40.5 Å². The third-order valence-electron chi connectivity index (χ3n) is 7.95. The number of aliphatic hydroxyl groups is 2. The Labute approximate surface area is 257 Å². The summed E-state index contributed by atoms with van der Waals surface area (Å²) in [5.41, 5.74) is 13.2. The lowest BCUT2D eigenvalue weighted by atomic mass is 9.88. The summed E-state index contributed by atoms with van der Waals surface area (Å²) in [6.45, 7) is 4.04. The number of fused-ring (bicyclic) bond motifs is 1. The Balaban J connectivity index is 1.29. The van der Waals surface area contributed by atoms with Crippen LogP contribution in [0, 0.1) is 19.8 Å². The van der Waals surface area contributed by atoms with Gasteiger partial charge in [-0.3, -0.25) is 9.78 Å². The Morgan fingerprint density at radius 1 is 0.977 bits per heavy atom. The van der Waals surface area contributed by atoms with Crippen molar-refractivity contribution in [2.75, 3.05) is 6.61 Å². The van der Waals surface area contributed by atoms with Gasteiger partial charge in [-0.05, 0) is 85.7 Å². The number of rotatable bonds is 10. The molecule has 0 saturated heterocycles. The Kier molecular flexibility index (Phi) is 9.78. The van der Waals surface area contributed by atoms with Gasteiger partial charge in [0.05, 0.1) is 12.1 Å². The predicted octanol–water partition coefficient (Wildman–Crippen LogP) is 5.11. The number of carbonyl (C=O) groups is 1. The first-order valence-electron chi connectivity index (χ1n) is 14.6. The molecular formula is C35H38ClN3O4. The van der Waals surface area contributed by atoms with Crippen molar-refractivity contribution in [3.63, 3.8) is 0 Å². The smallest absolute Gasteiger partial charge is 0.224 e. The summed E-state index contributed by atoms with van der Waals surface area (Å²) in [6.07, 6.45) is -0.884. The van der Waals surface area contributed by atoms with Crippen LogP contribution in [0.4, 0.5) is 0 Å². The SMILES string of the molecule is Cc1cc(-c2ccc(CC(N)C(O)CC(Cc3cccc(Cl)c3)C(=O)NC3c4ccccc4OCC3O)cc2)cc(C)n1. The van der Waals surface area contributed by atoms with Gasteiger partial charge in [-0.15, -0.1) is 0 Å². The quantitative estimate of drug-likeness (QED) is 0.201. The average Bonchev–Trinajstić information content (AvgIpc) is 2.98. The molecule has 1 aliphatic rings. The van der Waals surface area contributed by atoms with E-state index >= 15 is 0 Å². The third-order valence-corrected chi connectivity index (χ3v) is 8.18. The standard InChI is InChI=1S/C35H38ClN3O4/c1-21-14-26(15-22(2)38-21)25-12-10-23(11-13-25)18-30(37)31(40)19-27(16-24-6-5-7-28(36)17-24)35(42)39-34-29-8-3-4-9-33(29)43-20-32(34)41/h3-15,17,27,30-32,34,40-41H,16,18-20,37H2,1-2H3,(H,39,42). The number of pyridine rings is 1. The van der Waals surface area contributed by atoms with Crippen molar-refractivity contribution >= 4 is 17.5 Å². The molecule has 0 spiro atoms. The largest absolute Gasteiger partial charge is 0.490 e. The molecule has 0 saturated carbocycles. The zero-order valence-electron chi connectivity index (χ0n) is 24.4. The molecule has 7 nitrogen and oxygen atoms in total. The van der Waals surface area contributed by atoms with Crippen LogP contribution < -0.4 is 15.8 Å². The minimum atomic E-state index is -0.938. The number of para-hydroxylation sites is 1. The first-order chi connectivity index (χ1) is 20.7. The second kappa shape index (κ2) is 13.7. The van der Waals surface area contributed by atoms with Crippen molar-refractivity contribution in [3.8, 4) is 16.9 Å². The van der Waals surface area contributed by atoms with Crippen LogP contribution in [0.5, 0.6) is 5.75 Å². The molecular weight excluding hydrogens is 562 g/mol. The Bertz CT molecular complexity index is 1540. The molecule has 4 aromatic rings. The molecule has 0 aliphatic carbocycles. The zero-order chi connectivity index (χ0) is 30.5. The first-order valence-corrected chi connectivity index (χ1v) is 15.0. The van der Waals surface area contributed by atoms with Crippen molar-refractivity contribution in [2.45, 2.75) is 57.4 Å². The maximum atomic E-state index is 13.7.